The van der Waals surface area contributed by atoms with Gasteiger partial charge in [0.15, 0.2) is 0 Å². The maximum Gasteiger partial charge on any atom is 0.472 e. The Bertz CT molecular complexity index is 855. The van der Waals surface area contributed by atoms with Gasteiger partial charge in [0.1, 0.15) is 13.2 Å². The third kappa shape index (κ3) is 39.7. The zero-order valence-corrected chi connectivity index (χ0v) is 37.6. The Morgan fingerprint density at radius 1 is 0.556 bits per heavy atom. The molecule has 324 valence electrons. The van der Waals surface area contributed by atoms with Crippen LogP contribution in [0.25, 0.3) is 0 Å². The van der Waals surface area contributed by atoms with Gasteiger partial charge in [-0.05, 0) is 12.8 Å². The van der Waals surface area contributed by atoms with Crippen LogP contribution in [0.15, 0.2) is 0 Å². The van der Waals surface area contributed by atoms with Crippen LogP contribution in [0.5, 0.6) is 0 Å². The zero-order chi connectivity index (χ0) is 40.0. The lowest BCUT2D eigenvalue weighted by molar-refractivity contribution is -0.870. The fourth-order valence-electron chi connectivity index (χ4n) is 7.08. The predicted molar refractivity (Wildman–Crippen MR) is 231 cm³/mol. The summed E-state index contributed by atoms with van der Waals surface area (Å²) in [6.45, 7) is 4.67. The number of carbonyl (C=O) groups is 1. The van der Waals surface area contributed by atoms with Crippen molar-refractivity contribution in [2.45, 2.75) is 244 Å². The van der Waals surface area contributed by atoms with Gasteiger partial charge in [-0.15, -0.1) is 0 Å². The summed E-state index contributed by atoms with van der Waals surface area (Å²) in [5.41, 5.74) is 0. The molecule has 0 rings (SSSR count). The predicted octanol–water partition coefficient (Wildman–Crippen LogP) is 13.0. The molecular weight excluding hydrogens is 695 g/mol. The van der Waals surface area contributed by atoms with Gasteiger partial charge in [-0.25, -0.2) is 4.57 Å². The largest absolute Gasteiger partial charge is 0.472 e. The summed E-state index contributed by atoms with van der Waals surface area (Å²) >= 11 is 0. The first kappa shape index (κ1) is 53.5. The fraction of sp³-hybridized carbons (Fsp3) is 0.978. The number of likely N-dealkylation sites (N-methyl/N-ethyl adjacent to an activating group) is 1. The maximum atomic E-state index is 12.4. The normalized spacial score (nSPS) is 14.3. The Labute approximate surface area is 336 Å². The number of unbranched alkanes of at least 4 members (excludes halogenated alkanes) is 30. The molecule has 8 nitrogen and oxygen atoms in total. The maximum absolute atomic E-state index is 12.4. The van der Waals surface area contributed by atoms with E-state index in [2.05, 4.69) is 12.2 Å². The lowest BCUT2D eigenvalue weighted by Gasteiger charge is -2.26. The first-order chi connectivity index (χ1) is 26.0. The van der Waals surface area contributed by atoms with E-state index in [1.165, 1.54) is 173 Å². The average Bonchev–Trinajstić information content (AvgIpc) is 3.12. The second kappa shape index (κ2) is 38.0. The van der Waals surface area contributed by atoms with Crippen molar-refractivity contribution in [2.24, 2.45) is 0 Å². The van der Waals surface area contributed by atoms with Gasteiger partial charge < -0.3 is 19.8 Å². The molecule has 0 aromatic heterocycles. The van der Waals surface area contributed by atoms with Crippen LogP contribution >= 0.6 is 7.82 Å². The molecule has 0 saturated heterocycles. The van der Waals surface area contributed by atoms with Gasteiger partial charge in [0.05, 0.1) is 39.9 Å². The first-order valence-electron chi connectivity index (χ1n) is 23.4. The number of phosphoric acid groups is 1. The standard InChI is InChI=1S/C45H93N2O6P/c1-6-8-10-11-12-13-14-15-16-17-18-19-20-21-22-23-24-25-26-27-28-29-30-31-32-33-34-35-36-37-38-44(48)43(46-45(49)39-9-7-2)42-53-54(50,51)52-41-40-47(3,4)5/h43-44,48H,6-42H2,1-5H3,(H-,46,49,50,51)/p+1. The van der Waals surface area contributed by atoms with Crippen LogP contribution in [-0.4, -0.2) is 73.4 Å². The van der Waals surface area contributed by atoms with Crippen molar-refractivity contribution >= 4 is 13.7 Å². The summed E-state index contributed by atoms with van der Waals surface area (Å²) < 4.78 is 23.3. The number of amides is 1. The monoisotopic (exact) mass is 790 g/mol. The number of carbonyl (C=O) groups excluding carboxylic acids is 1. The van der Waals surface area contributed by atoms with Crippen LogP contribution in [-0.2, 0) is 18.4 Å². The minimum absolute atomic E-state index is 0.0764. The first-order valence-corrected chi connectivity index (χ1v) is 24.9. The van der Waals surface area contributed by atoms with Crippen molar-refractivity contribution in [3.05, 3.63) is 0 Å². The summed E-state index contributed by atoms with van der Waals surface area (Å²) in [5, 5.41) is 13.7. The van der Waals surface area contributed by atoms with Crippen LogP contribution in [0, 0.1) is 0 Å². The highest BCUT2D eigenvalue weighted by molar-refractivity contribution is 7.47. The third-order valence-corrected chi connectivity index (χ3v) is 11.8. The van der Waals surface area contributed by atoms with Crippen LogP contribution in [0.3, 0.4) is 0 Å². The number of hydrogen-bond donors (Lipinski definition) is 3. The highest BCUT2D eigenvalue weighted by Gasteiger charge is 2.28. The molecule has 0 bridgehead atoms. The van der Waals surface area contributed by atoms with Crippen LogP contribution in [0.4, 0.5) is 0 Å². The second-order valence-electron chi connectivity index (χ2n) is 17.5. The molecular formula is C45H94N2O6P+. The number of quaternary nitrogens is 1. The van der Waals surface area contributed by atoms with Crippen molar-refractivity contribution in [3.8, 4) is 0 Å². The molecule has 0 spiro atoms. The van der Waals surface area contributed by atoms with Gasteiger partial charge in [0, 0.05) is 6.42 Å². The van der Waals surface area contributed by atoms with Gasteiger partial charge in [0.25, 0.3) is 0 Å². The third-order valence-electron chi connectivity index (χ3n) is 10.9. The molecule has 54 heavy (non-hydrogen) atoms. The molecule has 3 N–H and O–H groups in total. The number of phosphoric ester groups is 1. The number of rotatable bonds is 43. The highest BCUT2D eigenvalue weighted by atomic mass is 31.2. The van der Waals surface area contributed by atoms with E-state index in [4.69, 9.17) is 9.05 Å². The molecule has 3 unspecified atom stereocenters. The molecule has 1 amide bonds. The molecule has 0 aromatic carbocycles. The number of nitrogens with zero attached hydrogens (tertiary/aromatic N) is 1. The van der Waals surface area contributed by atoms with E-state index in [9.17, 15) is 19.4 Å². The molecule has 9 heteroatoms. The van der Waals surface area contributed by atoms with Gasteiger partial charge in [-0.2, -0.15) is 0 Å². The molecule has 0 aliphatic carbocycles. The van der Waals surface area contributed by atoms with Crippen molar-refractivity contribution < 1.29 is 32.9 Å². The Kier molecular flexibility index (Phi) is 37.7. The Hall–Kier alpha value is -0.500. The zero-order valence-electron chi connectivity index (χ0n) is 36.7. The number of nitrogens with one attached hydrogen (secondary N) is 1. The summed E-state index contributed by atoms with van der Waals surface area (Å²) in [6, 6.07) is -0.750. The quantitative estimate of drug-likeness (QED) is 0.0323. The molecule has 0 radical (unpaired) electrons. The van der Waals surface area contributed by atoms with Gasteiger partial charge in [-0.1, -0.05) is 213 Å². The number of hydrogen-bond acceptors (Lipinski definition) is 5. The Morgan fingerprint density at radius 3 is 1.22 bits per heavy atom. The van der Waals surface area contributed by atoms with E-state index in [1.54, 1.807) is 0 Å². The molecule has 0 aliphatic heterocycles. The van der Waals surface area contributed by atoms with E-state index in [0.29, 0.717) is 23.9 Å². The minimum Gasteiger partial charge on any atom is -0.391 e. The Morgan fingerprint density at radius 2 is 0.889 bits per heavy atom. The van der Waals surface area contributed by atoms with E-state index < -0.39 is 20.0 Å². The van der Waals surface area contributed by atoms with E-state index in [1.807, 2.05) is 28.1 Å². The molecule has 0 aliphatic rings. The number of aliphatic hydroxyl groups excluding tert-OH is 1. The summed E-state index contributed by atoms with van der Waals surface area (Å²) in [6.07, 6.45) is 42.8. The van der Waals surface area contributed by atoms with Crippen LogP contribution in [0.1, 0.15) is 232 Å². The van der Waals surface area contributed by atoms with E-state index in [-0.39, 0.29) is 19.1 Å². The topological polar surface area (TPSA) is 105 Å². The molecule has 3 atom stereocenters. The van der Waals surface area contributed by atoms with Gasteiger partial charge >= 0.3 is 7.82 Å². The van der Waals surface area contributed by atoms with Crippen molar-refractivity contribution in [1.82, 2.24) is 5.32 Å². The molecule has 0 fully saturated rings. The minimum atomic E-state index is -4.28. The second-order valence-corrected chi connectivity index (χ2v) is 19.0. The van der Waals surface area contributed by atoms with Crippen molar-refractivity contribution in [2.75, 3.05) is 40.9 Å². The van der Waals surface area contributed by atoms with E-state index >= 15 is 0 Å². The molecule has 0 saturated carbocycles. The smallest absolute Gasteiger partial charge is 0.391 e. The summed E-state index contributed by atoms with van der Waals surface area (Å²) in [7, 11) is 1.62. The average molecular weight is 790 g/mol. The Balaban J connectivity index is 3.70. The lowest BCUT2D eigenvalue weighted by atomic mass is 10.0. The fourth-order valence-corrected chi connectivity index (χ4v) is 7.82. The molecule has 0 heterocycles. The number of aliphatic hydroxyl groups is 1. The van der Waals surface area contributed by atoms with Crippen molar-refractivity contribution in [1.29, 1.82) is 0 Å². The van der Waals surface area contributed by atoms with Gasteiger partial charge in [0.2, 0.25) is 5.91 Å². The van der Waals surface area contributed by atoms with Crippen LogP contribution in [0.2, 0.25) is 0 Å². The highest BCUT2D eigenvalue weighted by Crippen LogP contribution is 2.43. The van der Waals surface area contributed by atoms with E-state index in [0.717, 1.165) is 32.1 Å². The van der Waals surface area contributed by atoms with Crippen LogP contribution < -0.4 is 5.32 Å². The molecule has 0 aromatic rings. The van der Waals surface area contributed by atoms with Gasteiger partial charge in [-0.3, -0.25) is 13.8 Å². The summed E-state index contributed by atoms with van der Waals surface area (Å²) in [4.78, 5) is 22.5. The van der Waals surface area contributed by atoms with Crippen molar-refractivity contribution in [3.63, 3.8) is 0 Å². The summed E-state index contributed by atoms with van der Waals surface area (Å²) in [5.74, 6) is -0.177. The SMILES string of the molecule is CCCCCCCCCCCCCCCCCCCCCCCCCCCCCCCCC(O)C(COP(=O)(O)OCC[N+](C)(C)C)NC(=O)CCCC. The lowest BCUT2D eigenvalue weighted by Crippen LogP contribution is -2.46.